The summed E-state index contributed by atoms with van der Waals surface area (Å²) in [5.41, 5.74) is 2.89. The molecule has 0 aliphatic rings. The molecule has 0 amide bonds. The predicted octanol–water partition coefficient (Wildman–Crippen LogP) is 2.97. The summed E-state index contributed by atoms with van der Waals surface area (Å²) in [6.07, 6.45) is 0.305. The van der Waals surface area contributed by atoms with Gasteiger partial charge in [0.2, 0.25) is 0 Å². The van der Waals surface area contributed by atoms with E-state index in [2.05, 4.69) is 6.07 Å². The third-order valence-corrected chi connectivity index (χ3v) is 3.87. The minimum Gasteiger partial charge on any atom is -0.282 e. The van der Waals surface area contributed by atoms with Gasteiger partial charge in [0, 0.05) is 5.56 Å². The van der Waals surface area contributed by atoms with Gasteiger partial charge in [-0.1, -0.05) is 42.0 Å². The van der Waals surface area contributed by atoms with Crippen molar-refractivity contribution in [3.05, 3.63) is 53.6 Å². The Kier molecular flexibility index (Phi) is 3.89. The fraction of sp³-hybridized carbons (Fsp3) is 0.133. The first-order valence-electron chi connectivity index (χ1n) is 5.96. The zero-order valence-corrected chi connectivity index (χ0v) is 11.7. The fourth-order valence-electron chi connectivity index (χ4n) is 1.99. The number of aryl methyl sites for hydroxylation is 1. The minimum absolute atomic E-state index is 0.115. The number of hydrogen-bond acceptors (Lipinski definition) is 3. The third kappa shape index (κ3) is 3.05. The lowest BCUT2D eigenvalue weighted by Gasteiger charge is -2.09. The van der Waals surface area contributed by atoms with Crippen LogP contribution in [-0.4, -0.2) is 13.0 Å². The Bertz CT molecular complexity index is 772. The van der Waals surface area contributed by atoms with E-state index in [0.29, 0.717) is 17.5 Å². The molecule has 0 spiro atoms. The lowest BCUT2D eigenvalue weighted by molar-refractivity contribution is 0.483. The number of hydrogen-bond donors (Lipinski definition) is 1. The van der Waals surface area contributed by atoms with E-state index in [1.165, 1.54) is 6.07 Å². The van der Waals surface area contributed by atoms with E-state index in [4.69, 9.17) is 5.26 Å². The van der Waals surface area contributed by atoms with Gasteiger partial charge in [0.25, 0.3) is 10.1 Å². The Hall–Kier alpha value is -2.16. The van der Waals surface area contributed by atoms with E-state index in [1.807, 2.05) is 6.92 Å². The first kappa shape index (κ1) is 14.3. The molecule has 0 aliphatic carbocycles. The Morgan fingerprint density at radius 3 is 2.35 bits per heavy atom. The van der Waals surface area contributed by atoms with Gasteiger partial charge >= 0.3 is 0 Å². The number of nitriles is 1. The van der Waals surface area contributed by atoms with E-state index in [0.717, 1.165) is 11.1 Å². The Morgan fingerprint density at radius 2 is 1.80 bits per heavy atom. The molecule has 0 aromatic heterocycles. The quantitative estimate of drug-likeness (QED) is 0.880. The van der Waals surface area contributed by atoms with Crippen LogP contribution in [0.15, 0.2) is 47.4 Å². The summed E-state index contributed by atoms with van der Waals surface area (Å²) < 4.78 is 32.1. The molecular weight excluding hydrogens is 274 g/mol. The van der Waals surface area contributed by atoms with E-state index >= 15 is 0 Å². The molecule has 0 saturated carbocycles. The largest absolute Gasteiger partial charge is 0.295 e. The number of rotatable bonds is 3. The van der Waals surface area contributed by atoms with Crippen LogP contribution in [0.4, 0.5) is 0 Å². The maximum atomic E-state index is 11.4. The monoisotopic (exact) mass is 287 g/mol. The van der Waals surface area contributed by atoms with Gasteiger partial charge in [-0.25, -0.2) is 0 Å². The molecule has 0 heterocycles. The van der Waals surface area contributed by atoms with Crippen molar-refractivity contribution in [1.82, 2.24) is 0 Å². The lowest BCUT2D eigenvalue weighted by atomic mass is 10.0. The second-order valence-electron chi connectivity index (χ2n) is 4.51. The maximum Gasteiger partial charge on any atom is 0.295 e. The van der Waals surface area contributed by atoms with Crippen LogP contribution in [0.25, 0.3) is 11.1 Å². The van der Waals surface area contributed by atoms with Crippen LogP contribution in [0.1, 0.15) is 11.1 Å². The molecule has 0 bridgehead atoms. The molecule has 0 aliphatic heterocycles. The molecule has 4 nitrogen and oxygen atoms in total. The highest BCUT2D eigenvalue weighted by atomic mass is 32.2. The van der Waals surface area contributed by atoms with Crippen molar-refractivity contribution in [2.45, 2.75) is 18.2 Å². The average Bonchev–Trinajstić information content (AvgIpc) is 2.38. The molecule has 2 aromatic rings. The van der Waals surface area contributed by atoms with Crippen LogP contribution >= 0.6 is 0 Å². The SMILES string of the molecule is Cc1ccc(S(=O)(=O)O)c(-c2ccc(CC#N)cc2)c1. The van der Waals surface area contributed by atoms with Crippen LogP contribution in [0.3, 0.4) is 0 Å². The molecule has 20 heavy (non-hydrogen) atoms. The Labute approximate surface area is 118 Å². The molecule has 2 rings (SSSR count). The third-order valence-electron chi connectivity index (χ3n) is 2.96. The van der Waals surface area contributed by atoms with Crippen LogP contribution in [0.5, 0.6) is 0 Å². The van der Waals surface area contributed by atoms with Gasteiger partial charge in [0.05, 0.1) is 12.5 Å². The summed E-state index contributed by atoms with van der Waals surface area (Å²) in [4.78, 5) is -0.115. The van der Waals surface area contributed by atoms with Crippen LogP contribution in [-0.2, 0) is 16.5 Å². The lowest BCUT2D eigenvalue weighted by Crippen LogP contribution is -2.01. The van der Waals surface area contributed by atoms with Crippen molar-refractivity contribution in [2.75, 3.05) is 0 Å². The molecule has 1 N–H and O–H groups in total. The van der Waals surface area contributed by atoms with E-state index in [9.17, 15) is 13.0 Å². The first-order valence-corrected chi connectivity index (χ1v) is 7.40. The zero-order valence-electron chi connectivity index (χ0n) is 10.9. The molecule has 0 fully saturated rings. The van der Waals surface area contributed by atoms with Crippen LogP contribution in [0.2, 0.25) is 0 Å². The van der Waals surface area contributed by atoms with Gasteiger partial charge in [0.15, 0.2) is 0 Å². The summed E-state index contributed by atoms with van der Waals surface area (Å²) in [6, 6.07) is 13.8. The van der Waals surface area contributed by atoms with Crippen molar-refractivity contribution in [3.63, 3.8) is 0 Å². The fourth-order valence-corrected chi connectivity index (χ4v) is 2.68. The molecule has 5 heteroatoms. The summed E-state index contributed by atoms with van der Waals surface area (Å²) in [7, 11) is -4.27. The molecule has 2 aromatic carbocycles. The van der Waals surface area contributed by atoms with Gasteiger partial charge in [-0.05, 0) is 24.1 Å². The Morgan fingerprint density at radius 1 is 1.15 bits per heavy atom. The van der Waals surface area contributed by atoms with E-state index < -0.39 is 10.1 Å². The average molecular weight is 287 g/mol. The highest BCUT2D eigenvalue weighted by Gasteiger charge is 2.16. The van der Waals surface area contributed by atoms with Crippen molar-refractivity contribution in [2.24, 2.45) is 0 Å². The summed E-state index contributed by atoms with van der Waals surface area (Å²) in [5, 5.41) is 8.63. The standard InChI is InChI=1S/C15H13NO3S/c1-11-2-7-15(20(17,18)19)14(10-11)13-5-3-12(4-6-13)8-9-16/h2-7,10H,8H2,1H3,(H,17,18,19). The van der Waals surface area contributed by atoms with Gasteiger partial charge in [-0.3, -0.25) is 4.55 Å². The molecule has 0 saturated heterocycles. The van der Waals surface area contributed by atoms with Crippen LogP contribution in [0, 0.1) is 18.3 Å². The van der Waals surface area contributed by atoms with Crippen molar-refractivity contribution in [1.29, 1.82) is 5.26 Å². The highest BCUT2D eigenvalue weighted by Crippen LogP contribution is 2.28. The summed E-state index contributed by atoms with van der Waals surface area (Å²) in [5.74, 6) is 0. The number of nitrogens with zero attached hydrogens (tertiary/aromatic N) is 1. The normalized spacial score (nSPS) is 11.1. The topological polar surface area (TPSA) is 78.2 Å². The van der Waals surface area contributed by atoms with Gasteiger partial charge in [0.1, 0.15) is 4.90 Å². The molecule has 102 valence electrons. The Balaban J connectivity index is 2.57. The van der Waals surface area contributed by atoms with Gasteiger partial charge in [-0.15, -0.1) is 0 Å². The zero-order chi connectivity index (χ0) is 14.8. The van der Waals surface area contributed by atoms with E-state index in [1.54, 1.807) is 36.4 Å². The molecule has 0 radical (unpaired) electrons. The second-order valence-corrected chi connectivity index (χ2v) is 5.90. The number of benzene rings is 2. The van der Waals surface area contributed by atoms with Crippen molar-refractivity contribution >= 4 is 10.1 Å². The molecule has 0 atom stereocenters. The maximum absolute atomic E-state index is 11.4. The second kappa shape index (κ2) is 5.45. The minimum atomic E-state index is -4.27. The first-order chi connectivity index (χ1) is 9.41. The van der Waals surface area contributed by atoms with Gasteiger partial charge in [-0.2, -0.15) is 13.7 Å². The van der Waals surface area contributed by atoms with Crippen LogP contribution < -0.4 is 0 Å². The van der Waals surface area contributed by atoms with Crippen molar-refractivity contribution < 1.29 is 13.0 Å². The molecular formula is C15H13NO3S. The molecule has 0 unspecified atom stereocenters. The van der Waals surface area contributed by atoms with E-state index in [-0.39, 0.29) is 4.90 Å². The highest BCUT2D eigenvalue weighted by molar-refractivity contribution is 7.86. The predicted molar refractivity (Wildman–Crippen MR) is 75.7 cm³/mol. The summed E-state index contributed by atoms with van der Waals surface area (Å²) >= 11 is 0. The smallest absolute Gasteiger partial charge is 0.282 e. The summed E-state index contributed by atoms with van der Waals surface area (Å²) in [6.45, 7) is 1.85. The van der Waals surface area contributed by atoms with Crippen molar-refractivity contribution in [3.8, 4) is 17.2 Å². The van der Waals surface area contributed by atoms with Gasteiger partial charge < -0.3 is 0 Å².